The molecule has 7 nitrogen and oxygen atoms in total. The molecule has 2 heterocycles. The van der Waals surface area contributed by atoms with Gasteiger partial charge in [-0.05, 0) is 13.0 Å². The van der Waals surface area contributed by atoms with Crippen LogP contribution in [0.3, 0.4) is 0 Å². The van der Waals surface area contributed by atoms with E-state index in [2.05, 4.69) is 10.2 Å². The normalized spacial score (nSPS) is 22.7. The fourth-order valence-corrected chi connectivity index (χ4v) is 3.57. The van der Waals surface area contributed by atoms with Crippen molar-refractivity contribution in [1.82, 2.24) is 10.2 Å². The molecule has 1 N–H and O–H groups in total. The maximum absolute atomic E-state index is 11.5. The molecule has 0 radical (unpaired) electrons. The van der Waals surface area contributed by atoms with Crippen LogP contribution in [0.15, 0.2) is 12.3 Å². The number of aromatic nitrogens is 2. The Balaban J connectivity index is 2.36. The van der Waals surface area contributed by atoms with Crippen molar-refractivity contribution < 1.29 is 18.3 Å². The second-order valence-corrected chi connectivity index (χ2v) is 6.46. The van der Waals surface area contributed by atoms with Gasteiger partial charge in [0.25, 0.3) is 0 Å². The summed E-state index contributed by atoms with van der Waals surface area (Å²) in [5.74, 6) is -0.858. The van der Waals surface area contributed by atoms with Crippen LogP contribution in [0, 0.1) is 0 Å². The molecule has 0 aliphatic carbocycles. The lowest BCUT2D eigenvalue weighted by molar-refractivity contribution is 0.0697. The monoisotopic (exact) mass is 271 g/mol. The van der Waals surface area contributed by atoms with E-state index in [0.717, 1.165) is 0 Å². The second kappa shape index (κ2) is 4.52. The van der Waals surface area contributed by atoms with Gasteiger partial charge in [-0.3, -0.25) is 0 Å². The van der Waals surface area contributed by atoms with Gasteiger partial charge in [0.2, 0.25) is 0 Å². The fraction of sp³-hybridized carbons (Fsp3) is 0.500. The van der Waals surface area contributed by atoms with Crippen molar-refractivity contribution in [3.63, 3.8) is 0 Å². The van der Waals surface area contributed by atoms with Gasteiger partial charge in [0.1, 0.15) is 5.56 Å². The van der Waals surface area contributed by atoms with Crippen LogP contribution in [-0.4, -0.2) is 53.8 Å². The largest absolute Gasteiger partial charge is 0.478 e. The quantitative estimate of drug-likeness (QED) is 0.794. The van der Waals surface area contributed by atoms with E-state index < -0.39 is 15.8 Å². The number of sulfone groups is 1. The Hall–Kier alpha value is -1.70. The molecule has 0 bridgehead atoms. The zero-order valence-electron chi connectivity index (χ0n) is 9.78. The van der Waals surface area contributed by atoms with Gasteiger partial charge in [-0.1, -0.05) is 0 Å². The fourth-order valence-electron chi connectivity index (χ4n) is 2.02. The third-order valence-corrected chi connectivity index (χ3v) is 4.67. The molecule has 1 aliphatic heterocycles. The average Bonchev–Trinajstić information content (AvgIpc) is 2.28. The van der Waals surface area contributed by atoms with Crippen molar-refractivity contribution in [1.29, 1.82) is 0 Å². The number of hydrogen-bond donors (Lipinski definition) is 1. The first-order valence-corrected chi connectivity index (χ1v) is 7.25. The SMILES string of the molecule is CC1CS(=O)(=O)CCN1c1nnccc1C(=O)O. The van der Waals surface area contributed by atoms with Crippen molar-refractivity contribution in [3.05, 3.63) is 17.8 Å². The first kappa shape index (κ1) is 12.7. The van der Waals surface area contributed by atoms with Gasteiger partial charge >= 0.3 is 5.97 Å². The summed E-state index contributed by atoms with van der Waals surface area (Å²) in [6.45, 7) is 1.97. The molecular formula is C10H13N3O4S. The lowest BCUT2D eigenvalue weighted by Crippen LogP contribution is -2.48. The zero-order chi connectivity index (χ0) is 13.3. The van der Waals surface area contributed by atoms with E-state index >= 15 is 0 Å². The highest BCUT2D eigenvalue weighted by molar-refractivity contribution is 7.91. The van der Waals surface area contributed by atoms with E-state index in [-0.39, 0.29) is 35.5 Å². The Morgan fingerprint density at radius 2 is 2.28 bits per heavy atom. The number of rotatable bonds is 2. The number of nitrogens with zero attached hydrogens (tertiary/aromatic N) is 3. The van der Waals surface area contributed by atoms with Gasteiger partial charge in [0.15, 0.2) is 15.7 Å². The molecule has 1 saturated heterocycles. The molecule has 1 aromatic rings. The first-order valence-electron chi connectivity index (χ1n) is 5.43. The standard InChI is InChI=1S/C10H13N3O4S/c1-7-6-18(16,17)5-4-13(7)9-8(10(14)15)2-3-11-12-9/h2-3,7H,4-6H2,1H3,(H,14,15). The van der Waals surface area contributed by atoms with Crippen LogP contribution in [0.25, 0.3) is 0 Å². The average molecular weight is 271 g/mol. The molecule has 0 spiro atoms. The molecule has 0 aromatic carbocycles. The smallest absolute Gasteiger partial charge is 0.339 e. The Kier molecular flexibility index (Phi) is 3.20. The maximum Gasteiger partial charge on any atom is 0.339 e. The molecule has 0 amide bonds. The summed E-state index contributed by atoms with van der Waals surface area (Å²) in [5, 5.41) is 16.6. The molecule has 98 valence electrons. The first-order chi connectivity index (χ1) is 8.41. The molecule has 1 atom stereocenters. The van der Waals surface area contributed by atoms with Crippen molar-refractivity contribution in [2.75, 3.05) is 23.0 Å². The Morgan fingerprint density at radius 3 is 2.89 bits per heavy atom. The molecular weight excluding hydrogens is 258 g/mol. The number of anilines is 1. The Morgan fingerprint density at radius 1 is 1.56 bits per heavy atom. The van der Waals surface area contributed by atoms with Crippen molar-refractivity contribution in [3.8, 4) is 0 Å². The molecule has 2 rings (SSSR count). The minimum absolute atomic E-state index is 0.00261. The van der Waals surface area contributed by atoms with Gasteiger partial charge in [-0.2, -0.15) is 5.10 Å². The molecule has 0 saturated carbocycles. The van der Waals surface area contributed by atoms with E-state index in [1.54, 1.807) is 11.8 Å². The third kappa shape index (κ3) is 2.42. The van der Waals surface area contributed by atoms with Gasteiger partial charge < -0.3 is 10.0 Å². The van der Waals surface area contributed by atoms with Crippen LogP contribution in [0.5, 0.6) is 0 Å². The minimum Gasteiger partial charge on any atom is -0.478 e. The van der Waals surface area contributed by atoms with Crippen molar-refractivity contribution in [2.45, 2.75) is 13.0 Å². The summed E-state index contributed by atoms with van der Waals surface area (Å²) < 4.78 is 23.0. The maximum atomic E-state index is 11.5. The summed E-state index contributed by atoms with van der Waals surface area (Å²) in [4.78, 5) is 12.8. The number of carboxylic acids is 1. The van der Waals surface area contributed by atoms with Gasteiger partial charge in [0, 0.05) is 12.6 Å². The van der Waals surface area contributed by atoms with Crippen LogP contribution < -0.4 is 4.90 Å². The highest BCUT2D eigenvalue weighted by Gasteiger charge is 2.31. The molecule has 1 aliphatic rings. The van der Waals surface area contributed by atoms with Crippen LogP contribution in [-0.2, 0) is 9.84 Å². The second-order valence-electron chi connectivity index (χ2n) is 4.23. The number of aromatic carboxylic acids is 1. The predicted molar refractivity (Wildman–Crippen MR) is 64.5 cm³/mol. The third-order valence-electron chi connectivity index (χ3n) is 2.87. The van der Waals surface area contributed by atoms with E-state index in [4.69, 9.17) is 5.11 Å². The molecule has 1 fully saturated rings. The zero-order valence-corrected chi connectivity index (χ0v) is 10.6. The highest BCUT2D eigenvalue weighted by Crippen LogP contribution is 2.22. The lowest BCUT2D eigenvalue weighted by Gasteiger charge is -2.34. The Labute approximate surface area is 104 Å². The summed E-state index contributed by atoms with van der Waals surface area (Å²) in [7, 11) is -3.04. The molecule has 8 heteroatoms. The van der Waals surface area contributed by atoms with E-state index in [0.29, 0.717) is 0 Å². The van der Waals surface area contributed by atoms with Crippen LogP contribution >= 0.6 is 0 Å². The van der Waals surface area contributed by atoms with E-state index in [9.17, 15) is 13.2 Å². The molecule has 1 unspecified atom stereocenters. The number of carboxylic acid groups (broad SMARTS) is 1. The van der Waals surface area contributed by atoms with Crippen LogP contribution in [0.2, 0.25) is 0 Å². The Bertz CT molecular complexity index is 572. The number of carbonyl (C=O) groups is 1. The van der Waals surface area contributed by atoms with Gasteiger partial charge in [-0.25, -0.2) is 13.2 Å². The number of hydrogen-bond acceptors (Lipinski definition) is 6. The lowest BCUT2D eigenvalue weighted by atomic mass is 10.2. The topological polar surface area (TPSA) is 100 Å². The van der Waals surface area contributed by atoms with Crippen LogP contribution in [0.1, 0.15) is 17.3 Å². The molecule has 1 aromatic heterocycles. The van der Waals surface area contributed by atoms with E-state index in [1.807, 2.05) is 0 Å². The summed E-state index contributed by atoms with van der Waals surface area (Å²) in [6.07, 6.45) is 1.30. The molecule has 18 heavy (non-hydrogen) atoms. The van der Waals surface area contributed by atoms with Crippen molar-refractivity contribution in [2.24, 2.45) is 0 Å². The van der Waals surface area contributed by atoms with Gasteiger partial charge in [0.05, 0.1) is 17.7 Å². The van der Waals surface area contributed by atoms with E-state index in [1.165, 1.54) is 12.3 Å². The predicted octanol–water partition coefficient (Wildman–Crippen LogP) is -0.202. The highest BCUT2D eigenvalue weighted by atomic mass is 32.2. The van der Waals surface area contributed by atoms with Crippen molar-refractivity contribution >= 4 is 21.6 Å². The van der Waals surface area contributed by atoms with Gasteiger partial charge in [-0.15, -0.1) is 5.10 Å². The minimum atomic E-state index is -3.04. The van der Waals surface area contributed by atoms with Crippen LogP contribution in [0.4, 0.5) is 5.82 Å². The summed E-state index contributed by atoms with van der Waals surface area (Å²) in [5.41, 5.74) is 0.0381. The summed E-state index contributed by atoms with van der Waals surface area (Å²) in [6, 6.07) is 1.05. The summed E-state index contributed by atoms with van der Waals surface area (Å²) >= 11 is 0.